The fourth-order valence-electron chi connectivity index (χ4n) is 2.80. The maximum absolute atomic E-state index is 12.4. The summed E-state index contributed by atoms with van der Waals surface area (Å²) in [6.07, 6.45) is 0.604. The summed E-state index contributed by atoms with van der Waals surface area (Å²) in [5.41, 5.74) is 1.83. The molecule has 0 unspecified atom stereocenters. The molecule has 1 aliphatic heterocycles. The van der Waals surface area contributed by atoms with Crippen LogP contribution in [0.25, 0.3) is 0 Å². The fourth-order valence-corrected chi connectivity index (χ4v) is 4.37. The van der Waals surface area contributed by atoms with E-state index >= 15 is 0 Å². The standard InChI is InChI=1S/C18H18N2O4S/c1-13(21)16-5-2-3-6-17(16)19-18(22)14-7-9-15(10-8-14)20-11-4-12-25(20,23)24/h2-3,5-10H,4,11-12H2,1H3,(H,19,22). The van der Waals surface area contributed by atoms with Gasteiger partial charge in [-0.2, -0.15) is 0 Å². The van der Waals surface area contributed by atoms with Crippen molar-refractivity contribution in [2.75, 3.05) is 21.9 Å². The second-order valence-electron chi connectivity index (χ2n) is 5.84. The number of carbonyl (C=O) groups is 2. The molecule has 7 heteroatoms. The Morgan fingerprint density at radius 3 is 2.32 bits per heavy atom. The van der Waals surface area contributed by atoms with Crippen molar-refractivity contribution in [1.82, 2.24) is 0 Å². The summed E-state index contributed by atoms with van der Waals surface area (Å²) in [7, 11) is -3.24. The largest absolute Gasteiger partial charge is 0.321 e. The Kier molecular flexibility index (Phi) is 4.59. The van der Waals surface area contributed by atoms with Crippen molar-refractivity contribution in [3.63, 3.8) is 0 Å². The van der Waals surface area contributed by atoms with E-state index in [-0.39, 0.29) is 17.4 Å². The number of benzene rings is 2. The Morgan fingerprint density at radius 1 is 1.04 bits per heavy atom. The van der Waals surface area contributed by atoms with Crippen molar-refractivity contribution in [3.05, 3.63) is 59.7 Å². The lowest BCUT2D eigenvalue weighted by Gasteiger charge is -2.17. The van der Waals surface area contributed by atoms with Crippen LogP contribution in [0.4, 0.5) is 11.4 Å². The summed E-state index contributed by atoms with van der Waals surface area (Å²) in [6.45, 7) is 1.90. The van der Waals surface area contributed by atoms with Crippen LogP contribution in [-0.2, 0) is 10.0 Å². The molecule has 2 aromatic carbocycles. The normalized spacial score (nSPS) is 15.8. The quantitative estimate of drug-likeness (QED) is 0.852. The molecule has 3 rings (SSSR count). The maximum Gasteiger partial charge on any atom is 0.255 e. The highest BCUT2D eigenvalue weighted by Gasteiger charge is 2.28. The summed E-state index contributed by atoms with van der Waals surface area (Å²) >= 11 is 0. The minimum Gasteiger partial charge on any atom is -0.321 e. The van der Waals surface area contributed by atoms with Crippen LogP contribution in [-0.4, -0.2) is 32.4 Å². The zero-order chi connectivity index (χ0) is 18.0. The van der Waals surface area contributed by atoms with Crippen LogP contribution in [0.2, 0.25) is 0 Å². The highest BCUT2D eigenvalue weighted by Crippen LogP contribution is 2.24. The maximum atomic E-state index is 12.4. The van der Waals surface area contributed by atoms with Crippen LogP contribution in [0.1, 0.15) is 34.1 Å². The molecule has 0 radical (unpaired) electrons. The molecule has 1 heterocycles. The molecule has 0 saturated carbocycles. The first kappa shape index (κ1) is 17.2. The predicted molar refractivity (Wildman–Crippen MR) is 96.6 cm³/mol. The van der Waals surface area contributed by atoms with Gasteiger partial charge >= 0.3 is 0 Å². The van der Waals surface area contributed by atoms with E-state index in [4.69, 9.17) is 0 Å². The first-order valence-electron chi connectivity index (χ1n) is 7.90. The predicted octanol–water partition coefficient (Wildman–Crippen LogP) is 2.68. The second kappa shape index (κ2) is 6.68. The Morgan fingerprint density at radius 2 is 1.72 bits per heavy atom. The van der Waals surface area contributed by atoms with Crippen molar-refractivity contribution in [3.8, 4) is 0 Å². The molecule has 0 bridgehead atoms. The van der Waals surface area contributed by atoms with Gasteiger partial charge in [0.15, 0.2) is 5.78 Å². The summed E-state index contributed by atoms with van der Waals surface area (Å²) in [4.78, 5) is 24.0. The number of hydrogen-bond donors (Lipinski definition) is 1. The number of Topliss-reactive ketones (excluding diaryl/α,β-unsaturated/α-hetero) is 1. The zero-order valence-corrected chi connectivity index (χ0v) is 14.5. The SMILES string of the molecule is CC(=O)c1ccccc1NC(=O)c1ccc(N2CCCS2(=O)=O)cc1. The third-order valence-corrected chi connectivity index (χ3v) is 5.94. The third kappa shape index (κ3) is 3.56. The van der Waals surface area contributed by atoms with Crippen molar-refractivity contribution in [2.24, 2.45) is 0 Å². The van der Waals surface area contributed by atoms with Gasteiger partial charge in [0, 0.05) is 17.7 Å². The molecule has 1 aliphatic rings. The zero-order valence-electron chi connectivity index (χ0n) is 13.7. The number of ketones is 1. The molecule has 1 fully saturated rings. The number of anilines is 2. The number of sulfonamides is 1. The third-order valence-electron chi connectivity index (χ3n) is 4.07. The van der Waals surface area contributed by atoms with Crippen molar-refractivity contribution in [2.45, 2.75) is 13.3 Å². The molecule has 0 aromatic heterocycles. The molecule has 0 aliphatic carbocycles. The van der Waals surface area contributed by atoms with E-state index in [1.54, 1.807) is 48.5 Å². The molecule has 6 nitrogen and oxygen atoms in total. The molecule has 1 saturated heterocycles. The van der Waals surface area contributed by atoms with E-state index in [1.165, 1.54) is 11.2 Å². The van der Waals surface area contributed by atoms with Crippen molar-refractivity contribution >= 4 is 33.1 Å². The monoisotopic (exact) mass is 358 g/mol. The molecule has 0 spiro atoms. The Bertz CT molecular complexity index is 920. The lowest BCUT2D eigenvalue weighted by atomic mass is 10.1. The van der Waals surface area contributed by atoms with Crippen LogP contribution >= 0.6 is 0 Å². The molecule has 130 valence electrons. The molecular weight excluding hydrogens is 340 g/mol. The average molecular weight is 358 g/mol. The van der Waals surface area contributed by atoms with E-state index in [0.717, 1.165) is 0 Å². The van der Waals surface area contributed by atoms with Crippen LogP contribution in [0.3, 0.4) is 0 Å². The minimum absolute atomic E-state index is 0.134. The highest BCUT2D eigenvalue weighted by molar-refractivity contribution is 7.93. The summed E-state index contributed by atoms with van der Waals surface area (Å²) in [6, 6.07) is 13.2. The van der Waals surface area contributed by atoms with Crippen LogP contribution in [0.5, 0.6) is 0 Å². The van der Waals surface area contributed by atoms with Gasteiger partial charge in [0.25, 0.3) is 5.91 Å². The number of carbonyl (C=O) groups excluding carboxylic acids is 2. The lowest BCUT2D eigenvalue weighted by molar-refractivity contribution is 0.101. The molecule has 2 aromatic rings. The van der Waals surface area contributed by atoms with Crippen molar-refractivity contribution in [1.29, 1.82) is 0 Å². The van der Waals surface area contributed by atoms with Gasteiger partial charge in [-0.25, -0.2) is 8.42 Å². The van der Waals surface area contributed by atoms with Gasteiger partial charge in [0.2, 0.25) is 10.0 Å². The number of nitrogens with zero attached hydrogens (tertiary/aromatic N) is 1. The van der Waals surface area contributed by atoms with Gasteiger partial charge in [-0.1, -0.05) is 12.1 Å². The van der Waals surface area contributed by atoms with Gasteiger partial charge in [0.05, 0.1) is 17.1 Å². The van der Waals surface area contributed by atoms with E-state index < -0.39 is 10.0 Å². The first-order valence-corrected chi connectivity index (χ1v) is 9.51. The van der Waals surface area contributed by atoms with E-state index in [9.17, 15) is 18.0 Å². The molecule has 25 heavy (non-hydrogen) atoms. The number of amides is 1. The van der Waals surface area contributed by atoms with Gasteiger partial charge in [0.1, 0.15) is 0 Å². The molecular formula is C18H18N2O4S. The highest BCUT2D eigenvalue weighted by atomic mass is 32.2. The summed E-state index contributed by atoms with van der Waals surface area (Å²) in [5, 5.41) is 2.72. The smallest absolute Gasteiger partial charge is 0.255 e. The van der Waals surface area contributed by atoms with Gasteiger partial charge in [-0.3, -0.25) is 13.9 Å². The molecule has 0 atom stereocenters. The Labute approximate surface area is 146 Å². The van der Waals surface area contributed by atoms with Crippen LogP contribution in [0.15, 0.2) is 48.5 Å². The lowest BCUT2D eigenvalue weighted by Crippen LogP contribution is -2.25. The van der Waals surface area contributed by atoms with Crippen LogP contribution in [0, 0.1) is 0 Å². The second-order valence-corrected chi connectivity index (χ2v) is 7.86. The van der Waals surface area contributed by atoms with E-state index in [1.807, 2.05) is 0 Å². The Hall–Kier alpha value is -2.67. The number of rotatable bonds is 4. The van der Waals surface area contributed by atoms with Gasteiger partial charge in [-0.05, 0) is 49.7 Å². The van der Waals surface area contributed by atoms with Crippen molar-refractivity contribution < 1.29 is 18.0 Å². The van der Waals surface area contributed by atoms with Gasteiger partial charge < -0.3 is 5.32 Å². The fraction of sp³-hybridized carbons (Fsp3) is 0.222. The average Bonchev–Trinajstić information content (AvgIpc) is 2.94. The topological polar surface area (TPSA) is 83.6 Å². The Balaban J connectivity index is 1.79. The number of para-hydroxylation sites is 1. The number of hydrogen-bond acceptors (Lipinski definition) is 4. The summed E-state index contributed by atoms with van der Waals surface area (Å²) in [5.74, 6) is -0.341. The van der Waals surface area contributed by atoms with E-state index in [2.05, 4.69) is 5.32 Å². The minimum atomic E-state index is -3.24. The first-order chi connectivity index (χ1) is 11.9. The van der Waals surface area contributed by atoms with E-state index in [0.29, 0.717) is 35.5 Å². The van der Waals surface area contributed by atoms with Crippen LogP contribution < -0.4 is 9.62 Å². The molecule has 1 amide bonds. The summed E-state index contributed by atoms with van der Waals surface area (Å²) < 4.78 is 25.2. The number of nitrogens with one attached hydrogen (secondary N) is 1. The van der Waals surface area contributed by atoms with Gasteiger partial charge in [-0.15, -0.1) is 0 Å². The molecule has 1 N–H and O–H groups in total.